The fourth-order valence-electron chi connectivity index (χ4n) is 3.68. The Morgan fingerprint density at radius 2 is 1.64 bits per heavy atom. The summed E-state index contributed by atoms with van der Waals surface area (Å²) in [6.07, 6.45) is 5.29. The van der Waals surface area contributed by atoms with Crippen molar-refractivity contribution in [2.75, 3.05) is 26.8 Å². The van der Waals surface area contributed by atoms with E-state index >= 15 is 0 Å². The van der Waals surface area contributed by atoms with Gasteiger partial charge in [-0.25, -0.2) is 0 Å². The van der Waals surface area contributed by atoms with Crippen molar-refractivity contribution in [3.63, 3.8) is 0 Å². The maximum Gasteiger partial charge on any atom is 0.119 e. The molecule has 0 spiro atoms. The zero-order valence-electron chi connectivity index (χ0n) is 13.8. The van der Waals surface area contributed by atoms with Crippen LogP contribution in [-0.4, -0.2) is 49.8 Å². The molecule has 0 saturated carbocycles. The first kappa shape index (κ1) is 15.6. The molecule has 2 fully saturated rings. The Kier molecular flexibility index (Phi) is 5.21. The number of nitrogens with zero attached hydrogens (tertiary/aromatic N) is 1. The molecule has 2 unspecified atom stereocenters. The van der Waals surface area contributed by atoms with E-state index in [0.717, 1.165) is 36.7 Å². The van der Waals surface area contributed by atoms with Gasteiger partial charge in [-0.3, -0.25) is 4.90 Å². The van der Waals surface area contributed by atoms with Crippen LogP contribution in [0.15, 0.2) is 24.3 Å². The van der Waals surface area contributed by atoms with Crippen LogP contribution >= 0.6 is 0 Å². The molecule has 0 radical (unpaired) electrons. The van der Waals surface area contributed by atoms with Crippen LogP contribution in [0.1, 0.15) is 32.6 Å². The second-order valence-corrected chi connectivity index (χ2v) is 6.50. The van der Waals surface area contributed by atoms with E-state index in [4.69, 9.17) is 9.47 Å². The first-order valence-electron chi connectivity index (χ1n) is 8.56. The summed E-state index contributed by atoms with van der Waals surface area (Å²) < 4.78 is 11.3. The van der Waals surface area contributed by atoms with Crippen LogP contribution < -0.4 is 14.8 Å². The van der Waals surface area contributed by atoms with E-state index in [1.807, 2.05) is 31.2 Å². The van der Waals surface area contributed by atoms with Crippen LogP contribution in [0.5, 0.6) is 11.5 Å². The normalized spacial score (nSPS) is 27.1. The van der Waals surface area contributed by atoms with E-state index in [9.17, 15) is 0 Å². The van der Waals surface area contributed by atoms with Crippen LogP contribution in [0.3, 0.4) is 0 Å². The summed E-state index contributed by atoms with van der Waals surface area (Å²) in [5.74, 6) is 1.82. The van der Waals surface area contributed by atoms with Gasteiger partial charge in [-0.15, -0.1) is 0 Å². The van der Waals surface area contributed by atoms with Gasteiger partial charge in [0.05, 0.1) is 6.61 Å². The summed E-state index contributed by atoms with van der Waals surface area (Å²) in [5.41, 5.74) is 0. The van der Waals surface area contributed by atoms with Crippen molar-refractivity contribution in [3.8, 4) is 11.5 Å². The lowest BCUT2D eigenvalue weighted by Crippen LogP contribution is -2.47. The first-order valence-corrected chi connectivity index (χ1v) is 8.56. The Hall–Kier alpha value is -1.26. The lowest BCUT2D eigenvalue weighted by atomic mass is 9.99. The topological polar surface area (TPSA) is 33.7 Å². The molecule has 0 amide bonds. The highest BCUT2D eigenvalue weighted by Crippen LogP contribution is 2.29. The summed E-state index contributed by atoms with van der Waals surface area (Å²) in [5, 5.41) is 3.70. The Balaban J connectivity index is 1.40. The average Bonchev–Trinajstić information content (AvgIpc) is 2.87. The molecule has 2 saturated heterocycles. The van der Waals surface area contributed by atoms with Crippen molar-refractivity contribution in [2.24, 2.45) is 0 Å². The van der Waals surface area contributed by atoms with Crippen LogP contribution in [0.25, 0.3) is 0 Å². The minimum atomic E-state index is 0.698. The third kappa shape index (κ3) is 3.93. The smallest absolute Gasteiger partial charge is 0.119 e. The van der Waals surface area contributed by atoms with Gasteiger partial charge in [0.1, 0.15) is 18.1 Å². The molecule has 2 aliphatic heterocycles. The molecule has 0 aromatic heterocycles. The second kappa shape index (κ2) is 7.34. The molecule has 3 rings (SSSR count). The molecule has 2 heterocycles. The Morgan fingerprint density at radius 1 is 1.05 bits per heavy atom. The number of ether oxygens (including phenoxy) is 2. The molecule has 1 aromatic carbocycles. The number of hydrogen-bond donors (Lipinski definition) is 1. The Morgan fingerprint density at radius 3 is 2.23 bits per heavy atom. The minimum absolute atomic E-state index is 0.698. The summed E-state index contributed by atoms with van der Waals surface area (Å²) in [4.78, 5) is 2.47. The van der Waals surface area contributed by atoms with Crippen LogP contribution in [0.4, 0.5) is 0 Å². The molecule has 0 aliphatic carbocycles. The van der Waals surface area contributed by atoms with Gasteiger partial charge in [-0.2, -0.15) is 0 Å². The lowest BCUT2D eigenvalue weighted by Gasteiger charge is -2.35. The number of nitrogens with one attached hydrogen (secondary N) is 1. The van der Waals surface area contributed by atoms with Gasteiger partial charge in [0.25, 0.3) is 0 Å². The van der Waals surface area contributed by atoms with Crippen LogP contribution in [-0.2, 0) is 0 Å². The zero-order chi connectivity index (χ0) is 15.4. The molecule has 22 heavy (non-hydrogen) atoms. The molecule has 2 bridgehead atoms. The fourth-order valence-corrected chi connectivity index (χ4v) is 3.68. The number of hydrogen-bond acceptors (Lipinski definition) is 4. The molecule has 122 valence electrons. The minimum Gasteiger partial charge on any atom is -0.494 e. The van der Waals surface area contributed by atoms with Crippen molar-refractivity contribution < 1.29 is 9.47 Å². The van der Waals surface area contributed by atoms with E-state index in [1.54, 1.807) is 0 Å². The highest BCUT2D eigenvalue weighted by molar-refractivity contribution is 5.31. The highest BCUT2D eigenvalue weighted by atomic mass is 16.5. The third-order valence-corrected chi connectivity index (χ3v) is 4.92. The monoisotopic (exact) mass is 304 g/mol. The van der Waals surface area contributed by atoms with Gasteiger partial charge in [-0.05, 0) is 63.9 Å². The van der Waals surface area contributed by atoms with Crippen molar-refractivity contribution in [3.05, 3.63) is 24.3 Å². The number of likely N-dealkylation sites (N-methyl/N-ethyl adjacent to an activating group) is 1. The predicted octanol–water partition coefficient (Wildman–Crippen LogP) is 2.68. The molecule has 4 nitrogen and oxygen atoms in total. The first-order chi connectivity index (χ1) is 10.7. The third-order valence-electron chi connectivity index (χ3n) is 4.92. The van der Waals surface area contributed by atoms with Crippen molar-refractivity contribution in [2.45, 2.75) is 50.7 Å². The van der Waals surface area contributed by atoms with Gasteiger partial charge in [-0.1, -0.05) is 0 Å². The number of fused-ring (bicyclic) bond motifs is 2. The van der Waals surface area contributed by atoms with E-state index in [-0.39, 0.29) is 0 Å². The maximum absolute atomic E-state index is 5.86. The highest BCUT2D eigenvalue weighted by Gasteiger charge is 2.34. The van der Waals surface area contributed by atoms with Gasteiger partial charge in [0.2, 0.25) is 0 Å². The zero-order valence-corrected chi connectivity index (χ0v) is 13.8. The van der Waals surface area contributed by atoms with Crippen molar-refractivity contribution >= 4 is 0 Å². The van der Waals surface area contributed by atoms with Crippen LogP contribution in [0.2, 0.25) is 0 Å². The molecule has 4 heteroatoms. The maximum atomic E-state index is 5.86. The number of rotatable bonds is 7. The SMILES string of the molecule is CCOc1ccc(OCCN(C)C2CC3CCC(C2)N3)cc1. The van der Waals surface area contributed by atoms with Gasteiger partial charge in [0, 0.05) is 24.7 Å². The molecule has 2 aliphatic rings. The molecular weight excluding hydrogens is 276 g/mol. The summed E-state index contributed by atoms with van der Waals surface area (Å²) in [6, 6.07) is 10.1. The Labute approximate surface area is 133 Å². The van der Waals surface area contributed by atoms with E-state index in [0.29, 0.717) is 12.6 Å². The average molecular weight is 304 g/mol. The number of piperidine rings is 1. The van der Waals surface area contributed by atoms with Gasteiger partial charge < -0.3 is 14.8 Å². The fraction of sp³-hybridized carbons (Fsp3) is 0.667. The number of benzene rings is 1. The standard InChI is InChI=1S/C18H28N2O2/c1-3-21-17-6-8-18(9-7-17)22-11-10-20(2)16-12-14-4-5-15(13-16)19-14/h6-9,14-16,19H,3-5,10-13H2,1-2H3. The predicted molar refractivity (Wildman–Crippen MR) is 88.7 cm³/mol. The van der Waals surface area contributed by atoms with E-state index < -0.39 is 0 Å². The lowest BCUT2D eigenvalue weighted by molar-refractivity contribution is 0.147. The van der Waals surface area contributed by atoms with Crippen molar-refractivity contribution in [1.82, 2.24) is 10.2 Å². The van der Waals surface area contributed by atoms with Gasteiger partial charge in [0.15, 0.2) is 0 Å². The Bertz CT molecular complexity index is 451. The molecule has 1 N–H and O–H groups in total. The quantitative estimate of drug-likeness (QED) is 0.840. The second-order valence-electron chi connectivity index (χ2n) is 6.50. The van der Waals surface area contributed by atoms with Gasteiger partial charge >= 0.3 is 0 Å². The molecular formula is C18H28N2O2. The summed E-state index contributed by atoms with van der Waals surface area (Å²) >= 11 is 0. The van der Waals surface area contributed by atoms with Crippen molar-refractivity contribution in [1.29, 1.82) is 0 Å². The summed E-state index contributed by atoms with van der Waals surface area (Å²) in [7, 11) is 2.23. The molecule has 2 atom stereocenters. The molecule has 1 aromatic rings. The largest absolute Gasteiger partial charge is 0.494 e. The van der Waals surface area contributed by atoms with E-state index in [2.05, 4.69) is 17.3 Å². The summed E-state index contributed by atoms with van der Waals surface area (Å²) in [6.45, 7) is 4.41. The van der Waals surface area contributed by atoms with Crippen LogP contribution in [0, 0.1) is 0 Å². The van der Waals surface area contributed by atoms with E-state index in [1.165, 1.54) is 25.7 Å².